The van der Waals surface area contributed by atoms with Crippen molar-refractivity contribution in [2.75, 3.05) is 11.9 Å². The van der Waals surface area contributed by atoms with Gasteiger partial charge in [0.15, 0.2) is 27.3 Å². The number of hydrogen-bond acceptors (Lipinski definition) is 4. The zero-order valence-corrected chi connectivity index (χ0v) is 18.3. The number of halogens is 4. The Morgan fingerprint density at radius 1 is 1.06 bits per heavy atom. The van der Waals surface area contributed by atoms with E-state index in [0.29, 0.717) is 31.6 Å². The van der Waals surface area contributed by atoms with Gasteiger partial charge in [-0.3, -0.25) is 4.79 Å². The molecule has 2 saturated carbocycles. The lowest BCUT2D eigenvalue weighted by Gasteiger charge is -2.33. The fourth-order valence-electron chi connectivity index (χ4n) is 5.30. The highest BCUT2D eigenvalue weighted by atomic mass is 35.5. The molecule has 2 aromatic rings. The van der Waals surface area contributed by atoms with Crippen LogP contribution in [0.15, 0.2) is 35.2 Å². The monoisotopic (exact) mass is 485 g/mol. The van der Waals surface area contributed by atoms with Crippen molar-refractivity contribution in [3.05, 3.63) is 58.4 Å². The number of ether oxygens (including phenoxy) is 1. The van der Waals surface area contributed by atoms with Gasteiger partial charge in [-0.2, -0.15) is 0 Å². The number of fused-ring (bicyclic) bond motifs is 2. The van der Waals surface area contributed by atoms with Crippen LogP contribution in [0.5, 0.6) is 0 Å². The summed E-state index contributed by atoms with van der Waals surface area (Å²) >= 11 is 6.23. The number of rotatable bonds is 4. The first kappa shape index (κ1) is 21.7. The third-order valence-corrected chi connectivity index (χ3v) is 9.64. The van der Waals surface area contributed by atoms with E-state index >= 15 is 0 Å². The average Bonchev–Trinajstić information content (AvgIpc) is 3.40. The number of carbonyl (C=O) groups excluding carboxylic acids is 1. The van der Waals surface area contributed by atoms with Crippen molar-refractivity contribution in [3.8, 4) is 0 Å². The molecule has 170 valence electrons. The molecule has 0 aromatic heterocycles. The first-order valence-electron chi connectivity index (χ1n) is 10.2. The molecule has 1 amide bonds. The van der Waals surface area contributed by atoms with Gasteiger partial charge in [0.1, 0.15) is 0 Å². The highest BCUT2D eigenvalue weighted by Gasteiger charge is 2.60. The number of anilines is 1. The summed E-state index contributed by atoms with van der Waals surface area (Å²) in [4.78, 5) is 12.5. The number of epoxide rings is 1. The number of hydrogen-bond donors (Lipinski definition) is 1. The third kappa shape index (κ3) is 3.60. The second-order valence-corrected chi connectivity index (χ2v) is 11.3. The summed E-state index contributed by atoms with van der Waals surface area (Å²) < 4.78 is 72.7. The topological polar surface area (TPSA) is 75.8 Å². The zero-order chi connectivity index (χ0) is 22.8. The van der Waals surface area contributed by atoms with Gasteiger partial charge in [0.25, 0.3) is 5.91 Å². The molecule has 32 heavy (non-hydrogen) atoms. The molecule has 4 atom stereocenters. The highest BCUT2D eigenvalue weighted by Crippen LogP contribution is 2.56. The maximum atomic E-state index is 13.6. The summed E-state index contributed by atoms with van der Waals surface area (Å²) in [6, 6.07) is 5.08. The van der Waals surface area contributed by atoms with Crippen molar-refractivity contribution < 1.29 is 31.1 Å². The van der Waals surface area contributed by atoms with Gasteiger partial charge in [0, 0.05) is 23.4 Å². The molecule has 2 aromatic carbocycles. The minimum absolute atomic E-state index is 0.00257. The maximum absolute atomic E-state index is 13.6. The Labute approximate surface area is 187 Å². The fraction of sp³-hybridized carbons (Fsp3) is 0.409. The lowest BCUT2D eigenvalue weighted by atomic mass is 9.81. The molecule has 2 unspecified atom stereocenters. The average molecular weight is 486 g/mol. The summed E-state index contributed by atoms with van der Waals surface area (Å²) in [6.07, 6.45) is 3.01. The van der Waals surface area contributed by atoms with Gasteiger partial charge in [-0.1, -0.05) is 11.6 Å². The Kier molecular flexibility index (Phi) is 5.07. The predicted octanol–water partition coefficient (Wildman–Crippen LogP) is 4.74. The van der Waals surface area contributed by atoms with E-state index in [0.717, 1.165) is 12.8 Å². The van der Waals surface area contributed by atoms with Crippen LogP contribution in [-0.4, -0.2) is 31.8 Å². The molecular weight excluding hydrogens is 467 g/mol. The maximum Gasteiger partial charge on any atom is 0.255 e. The van der Waals surface area contributed by atoms with E-state index in [4.69, 9.17) is 16.3 Å². The van der Waals surface area contributed by atoms with Gasteiger partial charge in [-0.25, -0.2) is 21.6 Å². The van der Waals surface area contributed by atoms with Crippen molar-refractivity contribution in [2.24, 2.45) is 11.8 Å². The van der Waals surface area contributed by atoms with Crippen LogP contribution in [0.1, 0.15) is 36.0 Å². The Bertz CT molecular complexity index is 1190. The number of amides is 1. The molecule has 3 aliphatic rings. The van der Waals surface area contributed by atoms with Crippen LogP contribution in [0, 0.1) is 29.3 Å². The molecule has 10 heteroatoms. The van der Waals surface area contributed by atoms with Crippen LogP contribution < -0.4 is 5.32 Å². The first-order chi connectivity index (χ1) is 15.1. The van der Waals surface area contributed by atoms with E-state index in [1.165, 1.54) is 18.2 Å². The van der Waals surface area contributed by atoms with Crippen LogP contribution in [0.2, 0.25) is 5.02 Å². The lowest BCUT2D eigenvalue weighted by molar-refractivity contribution is 0.102. The molecule has 1 N–H and O–H groups in total. The van der Waals surface area contributed by atoms with Gasteiger partial charge >= 0.3 is 0 Å². The number of benzene rings is 2. The van der Waals surface area contributed by atoms with E-state index in [2.05, 4.69) is 5.32 Å². The van der Waals surface area contributed by atoms with Crippen LogP contribution in [-0.2, 0) is 14.6 Å². The largest absolute Gasteiger partial charge is 0.370 e. The Hall–Kier alpha value is -2.10. The van der Waals surface area contributed by atoms with Crippen LogP contribution >= 0.6 is 11.6 Å². The SMILES string of the molecule is O=C(Nc1cc(F)c(F)c(F)c1)c1ccc(Cl)c(S(=O)(=O)C2C3CC[C@H]2C[C@]2(CO2)C3)c1. The van der Waals surface area contributed by atoms with Gasteiger partial charge < -0.3 is 10.1 Å². The molecule has 1 heterocycles. The van der Waals surface area contributed by atoms with Gasteiger partial charge in [-0.15, -0.1) is 0 Å². The summed E-state index contributed by atoms with van der Waals surface area (Å²) in [5.74, 6) is -5.42. The van der Waals surface area contributed by atoms with E-state index in [1.807, 2.05) is 0 Å². The van der Waals surface area contributed by atoms with E-state index in [1.54, 1.807) is 0 Å². The molecule has 5 nitrogen and oxygen atoms in total. The molecule has 2 aliphatic carbocycles. The summed E-state index contributed by atoms with van der Waals surface area (Å²) in [5.41, 5.74) is -0.516. The fourth-order valence-corrected chi connectivity index (χ4v) is 8.14. The molecule has 1 aliphatic heterocycles. The molecule has 2 bridgehead atoms. The third-order valence-electron chi connectivity index (χ3n) is 6.76. The smallest absolute Gasteiger partial charge is 0.255 e. The van der Waals surface area contributed by atoms with Crippen molar-refractivity contribution in [3.63, 3.8) is 0 Å². The van der Waals surface area contributed by atoms with E-state index in [-0.39, 0.29) is 38.6 Å². The van der Waals surface area contributed by atoms with Crippen LogP contribution in [0.4, 0.5) is 18.9 Å². The predicted molar refractivity (Wildman–Crippen MR) is 111 cm³/mol. The second-order valence-electron chi connectivity index (χ2n) is 8.84. The van der Waals surface area contributed by atoms with E-state index in [9.17, 15) is 26.4 Å². The van der Waals surface area contributed by atoms with Gasteiger partial charge in [-0.05, 0) is 55.7 Å². The number of sulfone groups is 1. The van der Waals surface area contributed by atoms with Crippen LogP contribution in [0.25, 0.3) is 0 Å². The zero-order valence-electron chi connectivity index (χ0n) is 16.7. The minimum Gasteiger partial charge on any atom is -0.370 e. The molecule has 1 spiro atoms. The second kappa shape index (κ2) is 7.46. The quantitative estimate of drug-likeness (QED) is 0.501. The van der Waals surface area contributed by atoms with Crippen LogP contribution in [0.3, 0.4) is 0 Å². The summed E-state index contributed by atoms with van der Waals surface area (Å²) in [6.45, 7) is 0.674. The molecule has 5 rings (SSSR count). The standard InChI is InChI=1S/C22H19ClF3NO4S/c23-15-4-3-11(21(28)27-14-6-16(24)19(26)17(25)7-14)5-18(15)32(29,30)20-12-1-2-13(20)9-22(8-12)10-31-22/h3-7,12-13,20H,1-2,8-10H2,(H,27,28)/t12-,13?,20?,22+/m0/s1. The Balaban J connectivity index is 1.43. The normalized spacial score (nSPS) is 28.7. The molecule has 1 saturated heterocycles. The minimum atomic E-state index is -3.84. The van der Waals surface area contributed by atoms with Gasteiger partial charge in [0.05, 0.1) is 27.4 Å². The van der Waals surface area contributed by atoms with E-state index < -0.39 is 38.4 Å². The first-order valence-corrected chi connectivity index (χ1v) is 12.2. The Morgan fingerprint density at radius 2 is 1.66 bits per heavy atom. The number of carbonyl (C=O) groups is 1. The summed E-state index contributed by atoms with van der Waals surface area (Å²) in [5, 5.41) is 1.67. The van der Waals surface area contributed by atoms with Crippen molar-refractivity contribution in [1.29, 1.82) is 0 Å². The molecule has 0 radical (unpaired) electrons. The summed E-state index contributed by atoms with van der Waals surface area (Å²) in [7, 11) is -3.84. The Morgan fingerprint density at radius 3 is 2.22 bits per heavy atom. The van der Waals surface area contributed by atoms with Crippen molar-refractivity contribution in [1.82, 2.24) is 0 Å². The molecular formula is C22H19ClF3NO4S. The highest BCUT2D eigenvalue weighted by molar-refractivity contribution is 7.92. The number of nitrogens with one attached hydrogen (secondary N) is 1. The lowest BCUT2D eigenvalue weighted by Crippen LogP contribution is -2.40. The van der Waals surface area contributed by atoms with Crippen molar-refractivity contribution >= 4 is 33.0 Å². The van der Waals surface area contributed by atoms with Crippen molar-refractivity contribution in [2.45, 2.75) is 41.4 Å². The van der Waals surface area contributed by atoms with Gasteiger partial charge in [0.2, 0.25) is 0 Å². The molecule has 3 fully saturated rings.